The molecule has 0 amide bonds. The summed E-state index contributed by atoms with van der Waals surface area (Å²) in [4.78, 5) is 0. The molecule has 0 heterocycles. The molecule has 0 aromatic heterocycles. The minimum atomic E-state index is -0.508. The van der Waals surface area contributed by atoms with Crippen molar-refractivity contribution >= 4 is 0 Å². The number of methoxy groups -OCH3 is 1. The summed E-state index contributed by atoms with van der Waals surface area (Å²) in [5.74, 6) is 0.857. The van der Waals surface area contributed by atoms with Crippen LogP contribution in [0.2, 0.25) is 0 Å². The summed E-state index contributed by atoms with van der Waals surface area (Å²) in [7, 11) is 1.66. The number of aliphatic hydroxyl groups is 1. The Morgan fingerprint density at radius 3 is 2.83 bits per heavy atom. The topological polar surface area (TPSA) is 50.7 Å². The van der Waals surface area contributed by atoms with Gasteiger partial charge in [0.15, 0.2) is 0 Å². The minimum Gasteiger partial charge on any atom is -0.491 e. The summed E-state index contributed by atoms with van der Waals surface area (Å²) in [5.41, 5.74) is 1.16. The van der Waals surface area contributed by atoms with Crippen LogP contribution >= 0.6 is 0 Å². The number of aryl methyl sites for hydroxylation is 1. The van der Waals surface area contributed by atoms with E-state index in [-0.39, 0.29) is 0 Å². The van der Waals surface area contributed by atoms with Crippen LogP contribution in [0.5, 0.6) is 5.75 Å². The van der Waals surface area contributed by atoms with Gasteiger partial charge in [-0.3, -0.25) is 0 Å². The summed E-state index contributed by atoms with van der Waals surface area (Å²) in [6.45, 7) is 4.28. The lowest BCUT2D eigenvalue weighted by Gasteiger charge is -2.15. The molecule has 1 rings (SSSR count). The third kappa shape index (κ3) is 5.49. The largest absolute Gasteiger partial charge is 0.491 e. The van der Waals surface area contributed by atoms with Gasteiger partial charge in [-0.1, -0.05) is 25.1 Å². The van der Waals surface area contributed by atoms with Crippen LogP contribution in [0, 0.1) is 0 Å². The number of nitrogens with one attached hydrogen (secondary N) is 1. The zero-order valence-corrected chi connectivity index (χ0v) is 11.2. The molecule has 1 aromatic carbocycles. The molecule has 2 N–H and O–H groups in total. The van der Waals surface area contributed by atoms with Crippen LogP contribution in [-0.4, -0.2) is 44.6 Å². The van der Waals surface area contributed by atoms with Crippen molar-refractivity contribution in [2.45, 2.75) is 19.4 Å². The molecule has 18 heavy (non-hydrogen) atoms. The molecule has 0 radical (unpaired) electrons. The second-order valence-electron chi connectivity index (χ2n) is 4.12. The number of para-hydroxylation sites is 1. The van der Waals surface area contributed by atoms with Crippen molar-refractivity contribution < 1.29 is 14.6 Å². The number of ether oxygens (including phenoxy) is 2. The molecular formula is C14H23NO3. The highest BCUT2D eigenvalue weighted by Crippen LogP contribution is 2.18. The number of hydrogen-bond donors (Lipinski definition) is 2. The number of hydrogen-bond acceptors (Lipinski definition) is 4. The third-order valence-corrected chi connectivity index (χ3v) is 2.65. The zero-order chi connectivity index (χ0) is 13.2. The minimum absolute atomic E-state index is 0.303. The van der Waals surface area contributed by atoms with Crippen molar-refractivity contribution in [1.29, 1.82) is 0 Å². The van der Waals surface area contributed by atoms with Gasteiger partial charge in [0.1, 0.15) is 18.5 Å². The Morgan fingerprint density at radius 2 is 2.11 bits per heavy atom. The van der Waals surface area contributed by atoms with Gasteiger partial charge in [0.05, 0.1) is 6.61 Å². The molecule has 4 heteroatoms. The van der Waals surface area contributed by atoms with Gasteiger partial charge in [-0.2, -0.15) is 0 Å². The number of aliphatic hydroxyl groups excluding tert-OH is 1. The maximum absolute atomic E-state index is 9.75. The van der Waals surface area contributed by atoms with Crippen molar-refractivity contribution in [3.8, 4) is 5.75 Å². The first-order chi connectivity index (χ1) is 8.77. The molecule has 0 aliphatic carbocycles. The molecule has 0 aliphatic heterocycles. The molecule has 0 spiro atoms. The van der Waals surface area contributed by atoms with E-state index in [9.17, 15) is 5.11 Å². The average Bonchev–Trinajstić information content (AvgIpc) is 2.41. The molecule has 102 valence electrons. The lowest BCUT2D eigenvalue weighted by molar-refractivity contribution is 0.103. The monoisotopic (exact) mass is 253 g/mol. The SMILES string of the molecule is CCc1ccccc1OCC(O)CNCCOC. The Balaban J connectivity index is 2.26. The summed E-state index contributed by atoms with van der Waals surface area (Å²) in [6.07, 6.45) is 0.421. The molecular weight excluding hydrogens is 230 g/mol. The van der Waals surface area contributed by atoms with Gasteiger partial charge in [0.25, 0.3) is 0 Å². The summed E-state index contributed by atoms with van der Waals surface area (Å²) < 4.78 is 10.5. The van der Waals surface area contributed by atoms with Crippen LogP contribution in [0.3, 0.4) is 0 Å². The van der Waals surface area contributed by atoms with E-state index >= 15 is 0 Å². The smallest absolute Gasteiger partial charge is 0.122 e. The van der Waals surface area contributed by atoms with Gasteiger partial charge in [-0.25, -0.2) is 0 Å². The fourth-order valence-corrected chi connectivity index (χ4v) is 1.62. The lowest BCUT2D eigenvalue weighted by Crippen LogP contribution is -2.33. The van der Waals surface area contributed by atoms with Crippen LogP contribution in [-0.2, 0) is 11.2 Å². The second kappa shape index (κ2) is 8.91. The van der Waals surface area contributed by atoms with E-state index in [1.165, 1.54) is 0 Å². The van der Waals surface area contributed by atoms with E-state index in [1.807, 2.05) is 24.3 Å². The molecule has 0 fully saturated rings. The van der Waals surface area contributed by atoms with Gasteiger partial charge in [-0.15, -0.1) is 0 Å². The molecule has 4 nitrogen and oxygen atoms in total. The first kappa shape index (κ1) is 15.0. The van der Waals surface area contributed by atoms with Crippen LogP contribution in [0.15, 0.2) is 24.3 Å². The van der Waals surface area contributed by atoms with Crippen LogP contribution in [0.4, 0.5) is 0 Å². The highest BCUT2D eigenvalue weighted by Gasteiger charge is 2.06. The molecule has 1 unspecified atom stereocenters. The molecule has 0 bridgehead atoms. The lowest BCUT2D eigenvalue weighted by atomic mass is 10.1. The summed E-state index contributed by atoms with van der Waals surface area (Å²) in [6, 6.07) is 7.91. The molecule has 0 saturated heterocycles. The Hall–Kier alpha value is -1.10. The maximum Gasteiger partial charge on any atom is 0.122 e. The van der Waals surface area contributed by atoms with E-state index in [2.05, 4.69) is 12.2 Å². The summed E-state index contributed by atoms with van der Waals surface area (Å²) in [5, 5.41) is 12.8. The summed E-state index contributed by atoms with van der Waals surface area (Å²) >= 11 is 0. The molecule has 1 aromatic rings. The van der Waals surface area contributed by atoms with E-state index in [1.54, 1.807) is 7.11 Å². The normalized spacial score (nSPS) is 12.4. The Labute approximate surface area is 109 Å². The van der Waals surface area contributed by atoms with Gasteiger partial charge in [0, 0.05) is 20.2 Å². The molecule has 1 atom stereocenters. The Kier molecular flexibility index (Phi) is 7.41. The Bertz CT molecular complexity index is 331. The van der Waals surface area contributed by atoms with Gasteiger partial charge in [0.2, 0.25) is 0 Å². The van der Waals surface area contributed by atoms with Crippen molar-refractivity contribution in [3.05, 3.63) is 29.8 Å². The van der Waals surface area contributed by atoms with E-state index < -0.39 is 6.10 Å². The van der Waals surface area contributed by atoms with E-state index in [4.69, 9.17) is 9.47 Å². The Morgan fingerprint density at radius 1 is 1.33 bits per heavy atom. The quantitative estimate of drug-likeness (QED) is 0.650. The maximum atomic E-state index is 9.75. The van der Waals surface area contributed by atoms with Crippen LogP contribution in [0.25, 0.3) is 0 Å². The highest BCUT2D eigenvalue weighted by atomic mass is 16.5. The van der Waals surface area contributed by atoms with Crippen molar-refractivity contribution in [2.24, 2.45) is 0 Å². The van der Waals surface area contributed by atoms with Gasteiger partial charge in [-0.05, 0) is 18.1 Å². The van der Waals surface area contributed by atoms with Gasteiger partial charge >= 0.3 is 0 Å². The average molecular weight is 253 g/mol. The fraction of sp³-hybridized carbons (Fsp3) is 0.571. The van der Waals surface area contributed by atoms with Crippen LogP contribution in [0.1, 0.15) is 12.5 Å². The second-order valence-corrected chi connectivity index (χ2v) is 4.12. The first-order valence-corrected chi connectivity index (χ1v) is 6.36. The van der Waals surface area contributed by atoms with Gasteiger partial charge < -0.3 is 19.9 Å². The van der Waals surface area contributed by atoms with Crippen LogP contribution < -0.4 is 10.1 Å². The van der Waals surface area contributed by atoms with E-state index in [0.29, 0.717) is 19.8 Å². The first-order valence-electron chi connectivity index (χ1n) is 6.36. The highest BCUT2D eigenvalue weighted by molar-refractivity contribution is 5.33. The number of benzene rings is 1. The third-order valence-electron chi connectivity index (χ3n) is 2.65. The van der Waals surface area contributed by atoms with Crippen molar-refractivity contribution in [2.75, 3.05) is 33.4 Å². The van der Waals surface area contributed by atoms with Crippen molar-refractivity contribution in [1.82, 2.24) is 5.32 Å². The number of rotatable bonds is 9. The van der Waals surface area contributed by atoms with E-state index in [0.717, 1.165) is 24.3 Å². The fourth-order valence-electron chi connectivity index (χ4n) is 1.62. The molecule has 0 aliphatic rings. The van der Waals surface area contributed by atoms with Crippen molar-refractivity contribution in [3.63, 3.8) is 0 Å². The molecule has 0 saturated carbocycles. The zero-order valence-electron chi connectivity index (χ0n) is 11.2. The predicted molar refractivity (Wildman–Crippen MR) is 72.1 cm³/mol. The predicted octanol–water partition coefficient (Wildman–Crippen LogP) is 1.22. The standard InChI is InChI=1S/C14H23NO3/c1-3-12-6-4-5-7-14(12)18-11-13(16)10-15-8-9-17-2/h4-7,13,15-16H,3,8-11H2,1-2H3.